The van der Waals surface area contributed by atoms with E-state index >= 15 is 0 Å². The van der Waals surface area contributed by atoms with Gasteiger partial charge in [0.2, 0.25) is 0 Å². The van der Waals surface area contributed by atoms with Crippen molar-refractivity contribution < 1.29 is 9.53 Å². The molecule has 1 saturated heterocycles. The molecule has 1 aromatic carbocycles. The number of aromatic nitrogens is 2. The van der Waals surface area contributed by atoms with E-state index in [1.807, 2.05) is 36.7 Å². The summed E-state index contributed by atoms with van der Waals surface area (Å²) in [4.78, 5) is 17.0. The van der Waals surface area contributed by atoms with Crippen LogP contribution in [-0.2, 0) is 11.8 Å². The van der Waals surface area contributed by atoms with Gasteiger partial charge in [0.15, 0.2) is 5.78 Å². The van der Waals surface area contributed by atoms with Crippen LogP contribution in [0.5, 0.6) is 0 Å². The van der Waals surface area contributed by atoms with Crippen LogP contribution in [0.3, 0.4) is 0 Å². The molecule has 2 aromatic rings. The minimum Gasteiger partial charge on any atom is -0.379 e. The molecule has 0 atom stereocenters. The van der Waals surface area contributed by atoms with E-state index < -0.39 is 5.41 Å². The summed E-state index contributed by atoms with van der Waals surface area (Å²) in [7, 11) is 1.97. The normalized spacial score (nSPS) is 17.4. The topological polar surface area (TPSA) is 70.1 Å². The Morgan fingerprint density at radius 2 is 2.26 bits per heavy atom. The van der Waals surface area contributed by atoms with Gasteiger partial charge in [-0.25, -0.2) is 4.98 Å². The van der Waals surface area contributed by atoms with Gasteiger partial charge in [-0.3, -0.25) is 4.79 Å². The maximum absolute atomic E-state index is 12.5. The van der Waals surface area contributed by atoms with Crippen LogP contribution in [0.4, 0.5) is 0 Å². The van der Waals surface area contributed by atoms with Crippen molar-refractivity contribution in [2.75, 3.05) is 19.8 Å². The molecule has 100 valence electrons. The minimum atomic E-state index is -0.530. The molecular weight excluding hydrogens is 242 g/mol. The first-order valence-electron chi connectivity index (χ1n) is 6.33. The molecule has 0 bridgehead atoms. The number of imidazole rings is 1. The lowest BCUT2D eigenvalue weighted by molar-refractivity contribution is -0.0816. The maximum atomic E-state index is 12.5. The average molecular weight is 259 g/mol. The summed E-state index contributed by atoms with van der Waals surface area (Å²) in [6.07, 6.45) is 0. The molecule has 1 fully saturated rings. The largest absolute Gasteiger partial charge is 0.379 e. The number of aryl methyl sites for hydroxylation is 2. The number of hydrogen-bond acceptors (Lipinski definition) is 4. The molecule has 1 aliphatic heterocycles. The lowest BCUT2D eigenvalue weighted by Crippen LogP contribution is -2.54. The number of rotatable bonds is 3. The number of carbonyl (C=O) groups excluding carboxylic acids is 1. The number of fused-ring (bicyclic) bond motifs is 1. The van der Waals surface area contributed by atoms with E-state index in [4.69, 9.17) is 10.5 Å². The molecule has 0 radical (unpaired) electrons. The molecule has 1 aliphatic rings. The molecule has 2 N–H and O–H groups in total. The molecule has 5 nitrogen and oxygen atoms in total. The highest BCUT2D eigenvalue weighted by atomic mass is 16.5. The summed E-state index contributed by atoms with van der Waals surface area (Å²) < 4.78 is 7.17. The van der Waals surface area contributed by atoms with Crippen molar-refractivity contribution in [1.29, 1.82) is 0 Å². The third kappa shape index (κ3) is 1.69. The van der Waals surface area contributed by atoms with E-state index in [-0.39, 0.29) is 5.78 Å². The zero-order chi connectivity index (χ0) is 13.6. The minimum absolute atomic E-state index is 0.0615. The Kier molecular flexibility index (Phi) is 2.69. The van der Waals surface area contributed by atoms with Crippen molar-refractivity contribution in [3.05, 3.63) is 29.6 Å². The van der Waals surface area contributed by atoms with Gasteiger partial charge in [-0.1, -0.05) is 0 Å². The number of benzene rings is 1. The second kappa shape index (κ2) is 4.15. The molecular formula is C14H17N3O2. The lowest BCUT2D eigenvalue weighted by Gasteiger charge is -2.38. The first-order chi connectivity index (χ1) is 9.07. The highest BCUT2D eigenvalue weighted by molar-refractivity contribution is 6.03. The van der Waals surface area contributed by atoms with Gasteiger partial charge in [-0.15, -0.1) is 0 Å². The second-order valence-electron chi connectivity index (χ2n) is 5.23. The smallest absolute Gasteiger partial charge is 0.175 e. The summed E-state index contributed by atoms with van der Waals surface area (Å²) in [6.45, 7) is 3.11. The van der Waals surface area contributed by atoms with E-state index in [9.17, 15) is 4.79 Å². The van der Waals surface area contributed by atoms with Crippen LogP contribution in [0.1, 0.15) is 16.2 Å². The van der Waals surface area contributed by atoms with E-state index in [0.717, 1.165) is 16.9 Å². The summed E-state index contributed by atoms with van der Waals surface area (Å²) >= 11 is 0. The second-order valence-corrected chi connectivity index (χ2v) is 5.23. The van der Waals surface area contributed by atoms with Crippen LogP contribution in [0.25, 0.3) is 11.0 Å². The zero-order valence-electron chi connectivity index (χ0n) is 11.1. The van der Waals surface area contributed by atoms with E-state index in [1.54, 1.807) is 0 Å². The van der Waals surface area contributed by atoms with Crippen LogP contribution < -0.4 is 5.73 Å². The van der Waals surface area contributed by atoms with Gasteiger partial charge >= 0.3 is 0 Å². The number of ketones is 1. The molecule has 3 rings (SSSR count). The Balaban J connectivity index is 2.04. The number of nitrogens with zero attached hydrogens (tertiary/aromatic N) is 2. The number of nitrogens with two attached hydrogens (primary N) is 1. The molecule has 2 heterocycles. The van der Waals surface area contributed by atoms with Crippen molar-refractivity contribution >= 4 is 16.8 Å². The van der Waals surface area contributed by atoms with E-state index in [0.29, 0.717) is 25.3 Å². The Morgan fingerprint density at radius 3 is 2.84 bits per heavy atom. The van der Waals surface area contributed by atoms with Gasteiger partial charge in [0.25, 0.3) is 0 Å². The number of carbonyl (C=O) groups is 1. The molecule has 1 aromatic heterocycles. The molecule has 0 spiro atoms. The van der Waals surface area contributed by atoms with Crippen molar-refractivity contribution in [1.82, 2.24) is 9.55 Å². The first-order valence-corrected chi connectivity index (χ1v) is 6.33. The molecule has 0 amide bonds. The Labute approximate surface area is 111 Å². The molecule has 0 aliphatic carbocycles. The standard InChI is InChI=1S/C14H17N3O2/c1-9-16-11-5-10(3-4-12(11)17(9)2)13(18)14(6-15)7-19-8-14/h3-5H,6-8,15H2,1-2H3. The Bertz CT molecular complexity index is 650. The fraction of sp³-hybridized carbons (Fsp3) is 0.429. The lowest BCUT2D eigenvalue weighted by atomic mass is 9.78. The average Bonchev–Trinajstić information content (AvgIpc) is 2.64. The first kappa shape index (κ1) is 12.3. The summed E-state index contributed by atoms with van der Waals surface area (Å²) in [5.41, 5.74) is 7.74. The Morgan fingerprint density at radius 1 is 1.53 bits per heavy atom. The highest BCUT2D eigenvalue weighted by Gasteiger charge is 2.44. The monoisotopic (exact) mass is 259 g/mol. The summed E-state index contributed by atoms with van der Waals surface area (Å²) in [5.74, 6) is 0.992. The molecule has 5 heteroatoms. The predicted octanol–water partition coefficient (Wildman–Crippen LogP) is 1.04. The third-order valence-corrected chi connectivity index (χ3v) is 4.00. The number of Topliss-reactive ketones (excluding diaryl/α,β-unsaturated/α-hetero) is 1. The van der Waals surface area contributed by atoms with Gasteiger partial charge in [-0.2, -0.15) is 0 Å². The molecule has 0 saturated carbocycles. The van der Waals surface area contributed by atoms with Crippen LogP contribution in [0.15, 0.2) is 18.2 Å². The third-order valence-electron chi connectivity index (χ3n) is 4.00. The van der Waals surface area contributed by atoms with Gasteiger partial charge in [0.1, 0.15) is 5.82 Å². The van der Waals surface area contributed by atoms with Crippen LogP contribution >= 0.6 is 0 Å². The van der Waals surface area contributed by atoms with Crippen LogP contribution in [-0.4, -0.2) is 35.1 Å². The molecule has 0 unspecified atom stereocenters. The van der Waals surface area contributed by atoms with Gasteiger partial charge < -0.3 is 15.0 Å². The van der Waals surface area contributed by atoms with Gasteiger partial charge in [0.05, 0.1) is 29.7 Å². The number of hydrogen-bond donors (Lipinski definition) is 1. The van der Waals surface area contributed by atoms with Gasteiger partial charge in [-0.05, 0) is 25.1 Å². The number of ether oxygens (including phenoxy) is 1. The summed E-state index contributed by atoms with van der Waals surface area (Å²) in [6, 6.07) is 5.63. The fourth-order valence-corrected chi connectivity index (χ4v) is 2.46. The highest BCUT2D eigenvalue weighted by Crippen LogP contribution is 2.31. The van der Waals surface area contributed by atoms with Crippen molar-refractivity contribution in [3.63, 3.8) is 0 Å². The van der Waals surface area contributed by atoms with Crippen molar-refractivity contribution in [2.24, 2.45) is 18.2 Å². The fourth-order valence-electron chi connectivity index (χ4n) is 2.46. The maximum Gasteiger partial charge on any atom is 0.175 e. The summed E-state index contributed by atoms with van der Waals surface area (Å²) in [5, 5.41) is 0. The Hall–Kier alpha value is -1.72. The zero-order valence-corrected chi connectivity index (χ0v) is 11.1. The predicted molar refractivity (Wildman–Crippen MR) is 72.1 cm³/mol. The quantitative estimate of drug-likeness (QED) is 0.836. The van der Waals surface area contributed by atoms with Gasteiger partial charge in [0, 0.05) is 19.2 Å². The van der Waals surface area contributed by atoms with Crippen LogP contribution in [0.2, 0.25) is 0 Å². The van der Waals surface area contributed by atoms with E-state index in [2.05, 4.69) is 4.98 Å². The van der Waals surface area contributed by atoms with Crippen LogP contribution in [0, 0.1) is 12.3 Å². The van der Waals surface area contributed by atoms with E-state index in [1.165, 1.54) is 0 Å². The SMILES string of the molecule is Cc1nc2cc(C(=O)C3(CN)COC3)ccc2n1C. The van der Waals surface area contributed by atoms with Crippen molar-refractivity contribution in [2.45, 2.75) is 6.92 Å². The van der Waals surface area contributed by atoms with Crippen molar-refractivity contribution in [3.8, 4) is 0 Å². The molecule has 19 heavy (non-hydrogen) atoms.